The Morgan fingerprint density at radius 1 is 1.25 bits per heavy atom. The van der Waals surface area contributed by atoms with Crippen molar-refractivity contribution in [1.82, 2.24) is 0 Å². The topological polar surface area (TPSA) is 20.2 Å². The average Bonchev–Trinajstić information content (AvgIpc) is 2.27. The van der Waals surface area contributed by atoms with Crippen LogP contribution in [0.3, 0.4) is 0 Å². The highest BCUT2D eigenvalue weighted by Crippen LogP contribution is 2.11. The van der Waals surface area contributed by atoms with Gasteiger partial charge in [-0.2, -0.15) is 0 Å². The standard InChI is InChI=1S/C14H22OSi/c1-4-12-16(2,3)14-9-7-13(8-10-14)6-5-11-15/h4,7-10,15H,1,5-6,11-12H2,2-3H3. The maximum absolute atomic E-state index is 8.78. The van der Waals surface area contributed by atoms with E-state index in [2.05, 4.69) is 43.9 Å². The number of aliphatic hydroxyl groups excluding tert-OH is 1. The van der Waals surface area contributed by atoms with Crippen LogP contribution in [0.2, 0.25) is 19.1 Å². The molecule has 0 amide bonds. The third-order valence-electron chi connectivity index (χ3n) is 3.01. The molecule has 0 aliphatic heterocycles. The molecule has 0 spiro atoms. The average molecular weight is 234 g/mol. The monoisotopic (exact) mass is 234 g/mol. The van der Waals surface area contributed by atoms with Gasteiger partial charge in [0.05, 0.1) is 8.07 Å². The van der Waals surface area contributed by atoms with Crippen molar-refractivity contribution in [3.8, 4) is 0 Å². The lowest BCUT2D eigenvalue weighted by atomic mass is 10.1. The van der Waals surface area contributed by atoms with E-state index in [-0.39, 0.29) is 6.61 Å². The van der Waals surface area contributed by atoms with Crippen molar-refractivity contribution >= 4 is 13.3 Å². The summed E-state index contributed by atoms with van der Waals surface area (Å²) in [6, 6.07) is 10.0. The van der Waals surface area contributed by atoms with E-state index in [1.807, 2.05) is 6.08 Å². The van der Waals surface area contributed by atoms with Gasteiger partial charge in [0.1, 0.15) is 0 Å². The molecular formula is C14H22OSi. The minimum absolute atomic E-state index is 0.276. The van der Waals surface area contributed by atoms with Crippen molar-refractivity contribution in [3.63, 3.8) is 0 Å². The highest BCUT2D eigenvalue weighted by molar-refractivity contribution is 6.90. The fraction of sp³-hybridized carbons (Fsp3) is 0.429. The van der Waals surface area contributed by atoms with Gasteiger partial charge in [-0.15, -0.1) is 6.58 Å². The molecule has 0 unspecified atom stereocenters. The third-order valence-corrected chi connectivity index (χ3v) is 6.22. The first-order valence-corrected chi connectivity index (χ1v) is 9.12. The molecule has 1 rings (SSSR count). The molecule has 1 N–H and O–H groups in total. The molecule has 2 heteroatoms. The predicted octanol–water partition coefficient (Wildman–Crippen LogP) is 2.71. The Bertz CT molecular complexity index is 327. The number of hydrogen-bond acceptors (Lipinski definition) is 1. The summed E-state index contributed by atoms with van der Waals surface area (Å²) >= 11 is 0. The van der Waals surface area contributed by atoms with Gasteiger partial charge in [-0.1, -0.05) is 48.6 Å². The van der Waals surface area contributed by atoms with Crippen LogP contribution in [0.5, 0.6) is 0 Å². The Kier molecular flexibility index (Phi) is 4.96. The zero-order chi connectivity index (χ0) is 12.0. The summed E-state index contributed by atoms with van der Waals surface area (Å²) in [5, 5.41) is 10.3. The van der Waals surface area contributed by atoms with Crippen LogP contribution < -0.4 is 5.19 Å². The number of rotatable bonds is 6. The lowest BCUT2D eigenvalue weighted by molar-refractivity contribution is 0.288. The maximum atomic E-state index is 8.78. The zero-order valence-corrected chi connectivity index (χ0v) is 11.4. The molecule has 1 aromatic carbocycles. The van der Waals surface area contributed by atoms with Crippen LogP contribution in [-0.4, -0.2) is 19.8 Å². The van der Waals surface area contributed by atoms with Crippen LogP contribution in [0.1, 0.15) is 12.0 Å². The summed E-state index contributed by atoms with van der Waals surface area (Å²) in [6.45, 7) is 8.86. The van der Waals surface area contributed by atoms with E-state index in [1.54, 1.807) is 0 Å². The lowest BCUT2D eigenvalue weighted by Crippen LogP contribution is -2.40. The van der Waals surface area contributed by atoms with Crippen molar-refractivity contribution in [2.75, 3.05) is 6.61 Å². The highest BCUT2D eigenvalue weighted by Gasteiger charge is 2.20. The molecule has 0 bridgehead atoms. The van der Waals surface area contributed by atoms with Gasteiger partial charge in [0.2, 0.25) is 0 Å². The molecule has 0 atom stereocenters. The highest BCUT2D eigenvalue weighted by atomic mass is 28.3. The first-order chi connectivity index (χ1) is 7.60. The zero-order valence-electron chi connectivity index (χ0n) is 10.4. The van der Waals surface area contributed by atoms with E-state index in [0.29, 0.717) is 0 Å². The summed E-state index contributed by atoms with van der Waals surface area (Å²) in [7, 11) is -1.30. The van der Waals surface area contributed by atoms with Crippen molar-refractivity contribution in [2.24, 2.45) is 0 Å². The summed E-state index contributed by atoms with van der Waals surface area (Å²) in [6.07, 6.45) is 3.86. The Labute approximate surface area is 99.8 Å². The molecular weight excluding hydrogens is 212 g/mol. The number of allylic oxidation sites excluding steroid dienone is 1. The summed E-state index contributed by atoms with van der Waals surface area (Å²) < 4.78 is 0. The van der Waals surface area contributed by atoms with E-state index in [0.717, 1.165) is 18.9 Å². The summed E-state index contributed by atoms with van der Waals surface area (Å²) in [5.41, 5.74) is 1.32. The van der Waals surface area contributed by atoms with Crippen molar-refractivity contribution < 1.29 is 5.11 Å². The molecule has 0 saturated heterocycles. The molecule has 0 aliphatic rings. The van der Waals surface area contributed by atoms with E-state index >= 15 is 0 Å². The first-order valence-electron chi connectivity index (χ1n) is 5.91. The van der Waals surface area contributed by atoms with Gasteiger partial charge in [-0.3, -0.25) is 0 Å². The van der Waals surface area contributed by atoms with Crippen LogP contribution in [0.25, 0.3) is 0 Å². The maximum Gasteiger partial charge on any atom is 0.0843 e. The van der Waals surface area contributed by atoms with Gasteiger partial charge in [-0.25, -0.2) is 0 Å². The largest absolute Gasteiger partial charge is 0.396 e. The molecule has 1 aromatic rings. The molecule has 0 aliphatic carbocycles. The smallest absolute Gasteiger partial charge is 0.0843 e. The second-order valence-electron chi connectivity index (χ2n) is 4.90. The van der Waals surface area contributed by atoms with Gasteiger partial charge in [-0.05, 0) is 24.4 Å². The van der Waals surface area contributed by atoms with Gasteiger partial charge in [0.25, 0.3) is 0 Å². The third kappa shape index (κ3) is 3.61. The van der Waals surface area contributed by atoms with Crippen molar-refractivity contribution in [3.05, 3.63) is 42.5 Å². The van der Waals surface area contributed by atoms with E-state index in [1.165, 1.54) is 10.8 Å². The Morgan fingerprint density at radius 3 is 2.38 bits per heavy atom. The normalized spacial score (nSPS) is 11.4. The van der Waals surface area contributed by atoms with Crippen molar-refractivity contribution in [1.29, 1.82) is 0 Å². The van der Waals surface area contributed by atoms with Crippen LogP contribution >= 0.6 is 0 Å². The number of aliphatic hydroxyl groups is 1. The number of aryl methyl sites for hydroxylation is 1. The molecule has 0 aromatic heterocycles. The predicted molar refractivity (Wildman–Crippen MR) is 74.0 cm³/mol. The minimum atomic E-state index is -1.30. The first kappa shape index (κ1) is 13.2. The van der Waals surface area contributed by atoms with Crippen LogP contribution in [-0.2, 0) is 6.42 Å². The summed E-state index contributed by atoms with van der Waals surface area (Å²) in [5.74, 6) is 0. The van der Waals surface area contributed by atoms with Gasteiger partial charge >= 0.3 is 0 Å². The molecule has 0 saturated carbocycles. The van der Waals surface area contributed by atoms with Crippen LogP contribution in [0.4, 0.5) is 0 Å². The second kappa shape index (κ2) is 6.02. The fourth-order valence-electron chi connectivity index (χ4n) is 1.88. The quantitative estimate of drug-likeness (QED) is 0.593. The van der Waals surface area contributed by atoms with Crippen LogP contribution in [0, 0.1) is 0 Å². The molecule has 16 heavy (non-hydrogen) atoms. The van der Waals surface area contributed by atoms with E-state index in [4.69, 9.17) is 5.11 Å². The molecule has 88 valence electrons. The Balaban J connectivity index is 2.73. The van der Waals surface area contributed by atoms with Gasteiger partial charge in [0, 0.05) is 6.61 Å². The van der Waals surface area contributed by atoms with Crippen LogP contribution in [0.15, 0.2) is 36.9 Å². The SMILES string of the molecule is C=CC[Si](C)(C)c1ccc(CCCO)cc1. The van der Waals surface area contributed by atoms with Crippen molar-refractivity contribution in [2.45, 2.75) is 32.0 Å². The Morgan fingerprint density at radius 2 is 1.88 bits per heavy atom. The minimum Gasteiger partial charge on any atom is -0.396 e. The molecule has 1 nitrogen and oxygen atoms in total. The number of hydrogen-bond donors (Lipinski definition) is 1. The molecule has 0 fully saturated rings. The fourth-order valence-corrected chi connectivity index (χ4v) is 3.91. The Hall–Kier alpha value is -0.863. The lowest BCUT2D eigenvalue weighted by Gasteiger charge is -2.21. The van der Waals surface area contributed by atoms with Gasteiger partial charge < -0.3 is 5.11 Å². The van der Waals surface area contributed by atoms with E-state index < -0.39 is 8.07 Å². The van der Waals surface area contributed by atoms with E-state index in [9.17, 15) is 0 Å². The molecule has 0 heterocycles. The van der Waals surface area contributed by atoms with Gasteiger partial charge in [0.15, 0.2) is 0 Å². The summed E-state index contributed by atoms with van der Waals surface area (Å²) in [4.78, 5) is 0. The number of benzene rings is 1. The second-order valence-corrected chi connectivity index (χ2v) is 9.65. The molecule has 0 radical (unpaired) electrons.